The number of hydrogen-bond donors (Lipinski definition) is 2. The highest BCUT2D eigenvalue weighted by Gasteiger charge is 2.05. The van der Waals surface area contributed by atoms with E-state index in [0.717, 1.165) is 41.3 Å². The molecular weight excluding hydrogens is 366 g/mol. The maximum atomic E-state index is 10.8. The number of nitrogens with one attached hydrogen (secondary N) is 2. The number of hydrogen-bond acceptors (Lipinski definition) is 8. The second-order valence-corrected chi connectivity index (χ2v) is 7.23. The number of pyridine rings is 1. The minimum atomic E-state index is -0.471. The third-order valence-electron chi connectivity index (χ3n) is 3.44. The molecule has 8 nitrogen and oxygen atoms in total. The number of thioether (sulfide) groups is 1. The molecule has 9 heteroatoms. The van der Waals surface area contributed by atoms with Gasteiger partial charge in [0.15, 0.2) is 5.82 Å². The van der Waals surface area contributed by atoms with Gasteiger partial charge in [-0.15, -0.1) is 0 Å². The third kappa shape index (κ3) is 8.61. The highest BCUT2D eigenvalue weighted by atomic mass is 32.2. The van der Waals surface area contributed by atoms with Gasteiger partial charge in [-0.1, -0.05) is 6.07 Å². The molecule has 0 aliphatic heterocycles. The first kappa shape index (κ1) is 20.8. The van der Waals surface area contributed by atoms with E-state index in [2.05, 4.69) is 20.5 Å². The average Bonchev–Trinajstić information content (AvgIpc) is 3.06. The van der Waals surface area contributed by atoms with E-state index in [-0.39, 0.29) is 0 Å². The molecule has 2 rings (SSSR count). The molecule has 0 spiro atoms. The molecule has 0 aromatic carbocycles. The number of nitro groups is 1. The topological polar surface area (TPSA) is 96.5 Å². The fourth-order valence-corrected chi connectivity index (χ4v) is 3.03. The van der Waals surface area contributed by atoms with E-state index in [4.69, 9.17) is 4.42 Å². The number of aromatic nitrogens is 1. The number of furan rings is 1. The summed E-state index contributed by atoms with van der Waals surface area (Å²) < 4.78 is 5.76. The lowest BCUT2D eigenvalue weighted by Crippen LogP contribution is -2.28. The molecule has 146 valence electrons. The zero-order valence-corrected chi connectivity index (χ0v) is 16.4. The van der Waals surface area contributed by atoms with Crippen LogP contribution < -0.4 is 10.6 Å². The van der Waals surface area contributed by atoms with Gasteiger partial charge >= 0.3 is 0 Å². The summed E-state index contributed by atoms with van der Waals surface area (Å²) in [5.74, 6) is 3.84. The number of nitrogens with zero attached hydrogens (tertiary/aromatic N) is 3. The highest BCUT2D eigenvalue weighted by molar-refractivity contribution is 7.98. The van der Waals surface area contributed by atoms with E-state index >= 15 is 0 Å². The van der Waals surface area contributed by atoms with Crippen molar-refractivity contribution in [2.24, 2.45) is 0 Å². The maximum Gasteiger partial charge on any atom is 0.274 e. The summed E-state index contributed by atoms with van der Waals surface area (Å²) in [5.41, 5.74) is 0.953. The lowest BCUT2D eigenvalue weighted by Gasteiger charge is -2.11. The molecule has 2 heterocycles. The molecule has 0 saturated heterocycles. The molecule has 0 radical (unpaired) electrons. The third-order valence-corrected chi connectivity index (χ3v) is 4.42. The second-order valence-electron chi connectivity index (χ2n) is 6.13. The van der Waals surface area contributed by atoms with Crippen molar-refractivity contribution < 1.29 is 9.34 Å². The zero-order valence-electron chi connectivity index (χ0n) is 15.6. The Bertz CT molecular complexity index is 734. The summed E-state index contributed by atoms with van der Waals surface area (Å²) in [7, 11) is 4.00. The molecular formula is C18H25N5O3S. The van der Waals surface area contributed by atoms with Crippen LogP contribution in [0, 0.1) is 10.1 Å². The fourth-order valence-electron chi connectivity index (χ4n) is 2.29. The van der Waals surface area contributed by atoms with Gasteiger partial charge < -0.3 is 20.0 Å². The van der Waals surface area contributed by atoms with Crippen LogP contribution in [0.5, 0.6) is 0 Å². The normalized spacial score (nSPS) is 11.6. The van der Waals surface area contributed by atoms with E-state index in [0.29, 0.717) is 18.9 Å². The summed E-state index contributed by atoms with van der Waals surface area (Å²) in [5, 5.41) is 16.9. The monoisotopic (exact) mass is 391 g/mol. The molecule has 0 bridgehead atoms. The SMILES string of the molecule is CN(C)Cc1ccc(CSCCNC(=C[N+](=O)[O-])NCc2cccnc2)o1. The summed E-state index contributed by atoms with van der Waals surface area (Å²) in [6.07, 6.45) is 4.36. The summed E-state index contributed by atoms with van der Waals surface area (Å²) in [4.78, 5) is 16.4. The van der Waals surface area contributed by atoms with Crippen molar-refractivity contribution in [3.05, 3.63) is 75.9 Å². The largest absolute Gasteiger partial charge is 0.464 e. The van der Waals surface area contributed by atoms with E-state index in [1.54, 1.807) is 24.2 Å². The second kappa shape index (κ2) is 11.2. The molecule has 27 heavy (non-hydrogen) atoms. The molecule has 0 aliphatic rings. The zero-order chi connectivity index (χ0) is 19.5. The van der Waals surface area contributed by atoms with Gasteiger partial charge in [-0.3, -0.25) is 15.1 Å². The molecule has 0 saturated carbocycles. The van der Waals surface area contributed by atoms with Crippen LogP contribution in [-0.4, -0.2) is 41.2 Å². The Hall–Kier alpha value is -2.52. The van der Waals surface area contributed by atoms with Crippen LogP contribution in [0.3, 0.4) is 0 Å². The van der Waals surface area contributed by atoms with Crippen molar-refractivity contribution >= 4 is 11.8 Å². The summed E-state index contributed by atoms with van der Waals surface area (Å²) in [6, 6.07) is 7.73. The maximum absolute atomic E-state index is 10.8. The van der Waals surface area contributed by atoms with Crippen LogP contribution >= 0.6 is 11.8 Å². The van der Waals surface area contributed by atoms with Gasteiger partial charge in [0, 0.05) is 31.2 Å². The number of rotatable bonds is 12. The van der Waals surface area contributed by atoms with Crippen LogP contribution in [0.15, 0.2) is 53.1 Å². The van der Waals surface area contributed by atoms with Crippen molar-refractivity contribution in [1.82, 2.24) is 20.5 Å². The Morgan fingerprint density at radius 2 is 2.15 bits per heavy atom. The first-order valence-corrected chi connectivity index (χ1v) is 9.70. The Labute approximate surface area is 163 Å². The minimum absolute atomic E-state index is 0.385. The van der Waals surface area contributed by atoms with Crippen LogP contribution in [0.25, 0.3) is 0 Å². The van der Waals surface area contributed by atoms with Gasteiger partial charge in [0.1, 0.15) is 11.5 Å². The van der Waals surface area contributed by atoms with E-state index in [1.165, 1.54) is 0 Å². The summed E-state index contributed by atoms with van der Waals surface area (Å²) in [6.45, 7) is 1.86. The van der Waals surface area contributed by atoms with Crippen LogP contribution in [-0.2, 0) is 18.8 Å². The molecule has 2 aromatic heterocycles. The van der Waals surface area contributed by atoms with Crippen molar-refractivity contribution in [2.75, 3.05) is 26.4 Å². The van der Waals surface area contributed by atoms with Gasteiger partial charge in [-0.25, -0.2) is 0 Å². The van der Waals surface area contributed by atoms with Crippen molar-refractivity contribution in [3.63, 3.8) is 0 Å². The van der Waals surface area contributed by atoms with Crippen LogP contribution in [0.2, 0.25) is 0 Å². The van der Waals surface area contributed by atoms with Gasteiger partial charge in [-0.05, 0) is 37.9 Å². The predicted octanol–water partition coefficient (Wildman–Crippen LogP) is 2.42. The predicted molar refractivity (Wildman–Crippen MR) is 106 cm³/mol. The van der Waals surface area contributed by atoms with Gasteiger partial charge in [0.05, 0.1) is 17.2 Å². The van der Waals surface area contributed by atoms with Gasteiger partial charge in [-0.2, -0.15) is 11.8 Å². The molecule has 0 aliphatic carbocycles. The lowest BCUT2D eigenvalue weighted by atomic mass is 10.3. The first-order valence-electron chi connectivity index (χ1n) is 8.55. The smallest absolute Gasteiger partial charge is 0.274 e. The van der Waals surface area contributed by atoms with Gasteiger partial charge in [0.25, 0.3) is 6.20 Å². The molecule has 0 amide bonds. The Morgan fingerprint density at radius 1 is 1.33 bits per heavy atom. The standard InChI is InChI=1S/C18H25N5O3S/c1-22(2)12-16-5-6-17(26-16)14-27-9-8-20-18(13-23(24)25)21-11-15-4-3-7-19-10-15/h3-7,10,13,20-21H,8-9,11-12,14H2,1-2H3. The highest BCUT2D eigenvalue weighted by Crippen LogP contribution is 2.16. The minimum Gasteiger partial charge on any atom is -0.464 e. The Balaban J connectivity index is 1.70. The quantitative estimate of drug-likeness (QED) is 0.323. The fraction of sp³-hybridized carbons (Fsp3) is 0.389. The van der Waals surface area contributed by atoms with E-state index < -0.39 is 4.92 Å². The average molecular weight is 391 g/mol. The van der Waals surface area contributed by atoms with Crippen molar-refractivity contribution in [3.8, 4) is 0 Å². The molecule has 0 fully saturated rings. The first-order chi connectivity index (χ1) is 13.0. The van der Waals surface area contributed by atoms with Crippen LogP contribution in [0.1, 0.15) is 17.1 Å². The molecule has 2 N–H and O–H groups in total. The lowest BCUT2D eigenvalue weighted by molar-refractivity contribution is -0.404. The van der Waals surface area contributed by atoms with E-state index in [9.17, 15) is 10.1 Å². The molecule has 0 unspecified atom stereocenters. The van der Waals surface area contributed by atoms with Gasteiger partial charge in [0.2, 0.25) is 0 Å². The summed E-state index contributed by atoms with van der Waals surface area (Å²) >= 11 is 1.71. The van der Waals surface area contributed by atoms with Crippen molar-refractivity contribution in [1.29, 1.82) is 0 Å². The molecule has 2 aromatic rings. The van der Waals surface area contributed by atoms with E-state index in [1.807, 2.05) is 38.4 Å². The van der Waals surface area contributed by atoms with Crippen LogP contribution in [0.4, 0.5) is 0 Å². The molecule has 0 atom stereocenters. The Morgan fingerprint density at radius 3 is 2.85 bits per heavy atom. The Kier molecular flexibility index (Phi) is 8.66. The van der Waals surface area contributed by atoms with Crippen molar-refractivity contribution in [2.45, 2.75) is 18.8 Å².